The van der Waals surface area contributed by atoms with Gasteiger partial charge in [0.25, 0.3) is 0 Å². The third-order valence-corrected chi connectivity index (χ3v) is 9.13. The Labute approximate surface area is 215 Å². The number of para-hydroxylation sites is 1. The first-order valence-corrected chi connectivity index (χ1v) is 13.8. The van der Waals surface area contributed by atoms with Crippen LogP contribution in [-0.2, 0) is 21.4 Å². The number of sulfonamides is 1. The SMILES string of the molecule is CCn1c2ccccc2c2cc(NC(=O)C3CCN(S(=O)(=O)c4ccc(OC)c(Cl)c4)CC3)ccc21. The van der Waals surface area contributed by atoms with Crippen LogP contribution in [0.2, 0.25) is 5.02 Å². The number of halogens is 1. The van der Waals surface area contributed by atoms with E-state index in [1.165, 1.54) is 29.1 Å². The molecule has 0 saturated carbocycles. The second kappa shape index (κ2) is 9.76. The molecule has 4 aromatic rings. The molecule has 1 saturated heterocycles. The van der Waals surface area contributed by atoms with Gasteiger partial charge in [-0.2, -0.15) is 4.31 Å². The minimum Gasteiger partial charge on any atom is -0.495 e. The molecule has 1 aliphatic heterocycles. The highest BCUT2D eigenvalue weighted by Crippen LogP contribution is 2.33. The van der Waals surface area contributed by atoms with Crippen molar-refractivity contribution in [3.05, 3.63) is 65.7 Å². The van der Waals surface area contributed by atoms with Crippen molar-refractivity contribution in [2.45, 2.75) is 31.2 Å². The van der Waals surface area contributed by atoms with Crippen LogP contribution in [0.5, 0.6) is 5.75 Å². The van der Waals surface area contributed by atoms with Gasteiger partial charge in [0, 0.05) is 53.0 Å². The number of nitrogens with zero attached hydrogens (tertiary/aromatic N) is 2. The Morgan fingerprint density at radius 2 is 1.75 bits per heavy atom. The fourth-order valence-electron chi connectivity index (χ4n) is 5.03. The van der Waals surface area contributed by atoms with Gasteiger partial charge in [-0.05, 0) is 62.2 Å². The quantitative estimate of drug-likeness (QED) is 0.359. The van der Waals surface area contributed by atoms with Crippen molar-refractivity contribution in [3.63, 3.8) is 0 Å². The van der Waals surface area contributed by atoms with Crippen molar-refractivity contribution in [1.82, 2.24) is 8.87 Å². The van der Waals surface area contributed by atoms with Gasteiger partial charge in [0.1, 0.15) is 5.75 Å². The summed E-state index contributed by atoms with van der Waals surface area (Å²) in [5, 5.41) is 5.55. The summed E-state index contributed by atoms with van der Waals surface area (Å²) >= 11 is 6.13. The molecule has 9 heteroatoms. The van der Waals surface area contributed by atoms with E-state index in [-0.39, 0.29) is 34.8 Å². The van der Waals surface area contributed by atoms with E-state index in [0.717, 1.165) is 28.5 Å². The molecule has 0 aliphatic carbocycles. The molecule has 0 unspecified atom stereocenters. The molecule has 188 valence electrons. The standard InChI is InChI=1S/C27H28ClN3O4S/c1-3-31-24-7-5-4-6-21(24)22-16-19(8-10-25(22)31)29-27(32)18-12-14-30(15-13-18)36(33,34)20-9-11-26(35-2)23(28)17-20/h4-11,16-18H,3,12-15H2,1-2H3,(H,29,32). The van der Waals surface area contributed by atoms with Crippen molar-refractivity contribution in [1.29, 1.82) is 0 Å². The first kappa shape index (κ1) is 24.6. The number of carbonyl (C=O) groups excluding carboxylic acids is 1. The fourth-order valence-corrected chi connectivity index (χ4v) is 6.85. The lowest BCUT2D eigenvalue weighted by Crippen LogP contribution is -2.41. The van der Waals surface area contributed by atoms with E-state index in [0.29, 0.717) is 18.6 Å². The van der Waals surface area contributed by atoms with Crippen LogP contribution in [-0.4, -0.2) is 43.4 Å². The predicted octanol–water partition coefficient (Wildman–Crippen LogP) is 5.52. The number of fused-ring (bicyclic) bond motifs is 3. The molecular formula is C27H28ClN3O4S. The van der Waals surface area contributed by atoms with Gasteiger partial charge < -0.3 is 14.6 Å². The number of piperidine rings is 1. The van der Waals surface area contributed by atoms with Gasteiger partial charge in [-0.25, -0.2) is 8.42 Å². The summed E-state index contributed by atoms with van der Waals surface area (Å²) in [7, 11) is -2.22. The molecule has 7 nitrogen and oxygen atoms in total. The smallest absolute Gasteiger partial charge is 0.243 e. The van der Waals surface area contributed by atoms with Crippen LogP contribution in [0.3, 0.4) is 0 Å². The van der Waals surface area contributed by atoms with Crippen LogP contribution >= 0.6 is 11.6 Å². The largest absolute Gasteiger partial charge is 0.495 e. The van der Waals surface area contributed by atoms with Gasteiger partial charge in [0.2, 0.25) is 15.9 Å². The normalized spacial score (nSPS) is 15.4. The van der Waals surface area contributed by atoms with E-state index in [2.05, 4.69) is 28.9 Å². The van der Waals surface area contributed by atoms with Crippen molar-refractivity contribution >= 4 is 55.0 Å². The Balaban J connectivity index is 1.28. The Morgan fingerprint density at radius 1 is 1.03 bits per heavy atom. The summed E-state index contributed by atoms with van der Waals surface area (Å²) < 4.78 is 35.0. The van der Waals surface area contributed by atoms with E-state index in [4.69, 9.17) is 16.3 Å². The maximum atomic E-state index is 13.1. The van der Waals surface area contributed by atoms with E-state index >= 15 is 0 Å². The predicted molar refractivity (Wildman–Crippen MR) is 143 cm³/mol. The third-order valence-electron chi connectivity index (χ3n) is 6.94. The van der Waals surface area contributed by atoms with Crippen molar-refractivity contribution in [3.8, 4) is 5.75 Å². The van der Waals surface area contributed by atoms with E-state index in [1.54, 1.807) is 6.07 Å². The van der Waals surface area contributed by atoms with Crippen molar-refractivity contribution < 1.29 is 17.9 Å². The average molecular weight is 526 g/mol. The zero-order valence-electron chi connectivity index (χ0n) is 20.2. The molecule has 0 radical (unpaired) electrons. The number of carbonyl (C=O) groups is 1. The number of nitrogens with one attached hydrogen (secondary N) is 1. The second-order valence-electron chi connectivity index (χ2n) is 8.96. The number of ether oxygens (including phenoxy) is 1. The second-order valence-corrected chi connectivity index (χ2v) is 11.3. The molecule has 1 aliphatic rings. The van der Waals surface area contributed by atoms with Crippen LogP contribution in [0.15, 0.2) is 65.6 Å². The van der Waals surface area contributed by atoms with Gasteiger partial charge in [-0.1, -0.05) is 29.8 Å². The maximum absolute atomic E-state index is 13.1. The third kappa shape index (κ3) is 4.34. The lowest BCUT2D eigenvalue weighted by Gasteiger charge is -2.30. The lowest BCUT2D eigenvalue weighted by atomic mass is 9.97. The fraction of sp³-hybridized carbons (Fsp3) is 0.296. The summed E-state index contributed by atoms with van der Waals surface area (Å²) in [5.74, 6) is 0.0742. The number of methoxy groups -OCH3 is 1. The molecule has 0 atom stereocenters. The highest BCUT2D eigenvalue weighted by atomic mass is 35.5. The van der Waals surface area contributed by atoms with Crippen molar-refractivity contribution in [2.24, 2.45) is 5.92 Å². The molecule has 0 spiro atoms. The number of aryl methyl sites for hydroxylation is 1. The molecule has 1 fully saturated rings. The Hall–Kier alpha value is -3.07. The molecular weight excluding hydrogens is 498 g/mol. The molecule has 5 rings (SSSR count). The van der Waals surface area contributed by atoms with Crippen LogP contribution in [0.4, 0.5) is 5.69 Å². The molecule has 1 aromatic heterocycles. The summed E-state index contributed by atoms with van der Waals surface area (Å²) in [6, 6.07) is 18.7. The number of amides is 1. The molecule has 0 bridgehead atoms. The summed E-state index contributed by atoms with van der Waals surface area (Å²) in [5.41, 5.74) is 3.05. The highest BCUT2D eigenvalue weighted by molar-refractivity contribution is 7.89. The van der Waals surface area contributed by atoms with Gasteiger partial charge >= 0.3 is 0 Å². The molecule has 3 aromatic carbocycles. The number of rotatable bonds is 6. The molecule has 2 heterocycles. The zero-order valence-corrected chi connectivity index (χ0v) is 21.8. The van der Waals surface area contributed by atoms with Crippen molar-refractivity contribution in [2.75, 3.05) is 25.5 Å². The minimum absolute atomic E-state index is 0.0851. The van der Waals surface area contributed by atoms with Gasteiger partial charge in [0.05, 0.1) is 17.0 Å². The first-order valence-electron chi connectivity index (χ1n) is 12.0. The minimum atomic E-state index is -3.70. The number of hydrogen-bond donors (Lipinski definition) is 1. The lowest BCUT2D eigenvalue weighted by molar-refractivity contribution is -0.120. The average Bonchev–Trinajstić information content (AvgIpc) is 3.21. The van der Waals surface area contributed by atoms with Gasteiger partial charge in [-0.15, -0.1) is 0 Å². The number of hydrogen-bond acceptors (Lipinski definition) is 4. The van der Waals surface area contributed by atoms with Gasteiger partial charge in [0.15, 0.2) is 0 Å². The Bertz CT molecular complexity index is 1560. The molecule has 36 heavy (non-hydrogen) atoms. The summed E-state index contributed by atoms with van der Waals surface area (Å²) in [6.45, 7) is 3.53. The first-order chi connectivity index (χ1) is 17.3. The number of benzene rings is 3. The Kier molecular flexibility index (Phi) is 6.68. The molecule has 1 amide bonds. The molecule has 1 N–H and O–H groups in total. The van der Waals surface area contributed by atoms with Crippen LogP contribution in [0, 0.1) is 5.92 Å². The van der Waals surface area contributed by atoms with Gasteiger partial charge in [-0.3, -0.25) is 4.79 Å². The van der Waals surface area contributed by atoms with E-state index < -0.39 is 10.0 Å². The number of aromatic nitrogens is 1. The maximum Gasteiger partial charge on any atom is 0.243 e. The number of anilines is 1. The summed E-state index contributed by atoms with van der Waals surface area (Å²) in [4.78, 5) is 13.2. The van der Waals surface area contributed by atoms with E-state index in [1.807, 2.05) is 30.3 Å². The van der Waals surface area contributed by atoms with E-state index in [9.17, 15) is 13.2 Å². The highest BCUT2D eigenvalue weighted by Gasteiger charge is 2.32. The Morgan fingerprint density at radius 3 is 2.44 bits per heavy atom. The van der Waals surface area contributed by atoms with Crippen LogP contribution in [0.1, 0.15) is 19.8 Å². The summed E-state index contributed by atoms with van der Waals surface area (Å²) in [6.07, 6.45) is 0.901. The van der Waals surface area contributed by atoms with Crippen LogP contribution in [0.25, 0.3) is 21.8 Å². The van der Waals surface area contributed by atoms with Crippen LogP contribution < -0.4 is 10.1 Å². The monoisotopic (exact) mass is 525 g/mol. The zero-order chi connectivity index (χ0) is 25.4. The topological polar surface area (TPSA) is 80.6 Å².